The zero-order chi connectivity index (χ0) is 22.0. The van der Waals surface area contributed by atoms with E-state index in [4.69, 9.17) is 0 Å². The Morgan fingerprint density at radius 1 is 1.19 bits per heavy atom. The molecule has 0 aromatic carbocycles. The lowest BCUT2D eigenvalue weighted by molar-refractivity contribution is -0.141. The predicted octanol–water partition coefficient (Wildman–Crippen LogP) is 3.30. The van der Waals surface area contributed by atoms with Crippen molar-refractivity contribution in [3.63, 3.8) is 0 Å². The Bertz CT molecular complexity index is 915. The standard InChI is InChI=1S/C23H31N5O2S/c1-4-23(2,3)22(30)27-12-9-16(10-13-27)18-7-8-19(31-18)21(29)25-17-14-28(15-17)20-6-5-11-24-26-20/h5-8,11,16-17H,4,9-10,12-15H2,1-3H3,(H,25,29). The average Bonchev–Trinajstić information content (AvgIpc) is 3.26. The second-order valence-corrected chi connectivity index (χ2v) is 10.3. The van der Waals surface area contributed by atoms with Crippen molar-refractivity contribution in [3.8, 4) is 0 Å². The minimum absolute atomic E-state index is 0.00245. The number of nitrogens with one attached hydrogen (secondary N) is 1. The number of rotatable bonds is 6. The summed E-state index contributed by atoms with van der Waals surface area (Å²) in [5, 5.41) is 11.1. The van der Waals surface area contributed by atoms with Crippen LogP contribution in [0.2, 0.25) is 0 Å². The first-order valence-electron chi connectivity index (χ1n) is 11.1. The summed E-state index contributed by atoms with van der Waals surface area (Å²) in [7, 11) is 0. The zero-order valence-corrected chi connectivity index (χ0v) is 19.3. The van der Waals surface area contributed by atoms with Gasteiger partial charge >= 0.3 is 0 Å². The SMILES string of the molecule is CCC(C)(C)C(=O)N1CCC(c2ccc(C(=O)NC3CN(c4cccnn4)C3)s2)CC1. The summed E-state index contributed by atoms with van der Waals surface area (Å²) in [5.41, 5.74) is -0.286. The van der Waals surface area contributed by atoms with E-state index in [0.29, 0.717) is 5.92 Å². The van der Waals surface area contributed by atoms with E-state index >= 15 is 0 Å². The normalized spacial score (nSPS) is 18.0. The second kappa shape index (κ2) is 8.94. The molecule has 2 aliphatic rings. The molecule has 2 saturated heterocycles. The summed E-state index contributed by atoms with van der Waals surface area (Å²) in [6.45, 7) is 9.23. The maximum absolute atomic E-state index is 12.7. The minimum atomic E-state index is -0.286. The number of amides is 2. The molecule has 0 aliphatic carbocycles. The average molecular weight is 442 g/mol. The topological polar surface area (TPSA) is 78.4 Å². The molecule has 2 aliphatic heterocycles. The maximum atomic E-state index is 12.7. The molecule has 4 rings (SSSR count). The molecule has 0 bridgehead atoms. The van der Waals surface area contributed by atoms with Crippen LogP contribution in [0.5, 0.6) is 0 Å². The van der Waals surface area contributed by atoms with Crippen LogP contribution < -0.4 is 10.2 Å². The van der Waals surface area contributed by atoms with Gasteiger partial charge in [-0.25, -0.2) is 0 Å². The van der Waals surface area contributed by atoms with Crippen LogP contribution in [0.25, 0.3) is 0 Å². The molecule has 0 atom stereocenters. The Morgan fingerprint density at radius 3 is 2.58 bits per heavy atom. The molecule has 2 fully saturated rings. The first-order chi connectivity index (χ1) is 14.9. The van der Waals surface area contributed by atoms with E-state index in [1.807, 2.05) is 36.9 Å². The summed E-state index contributed by atoms with van der Waals surface area (Å²) in [6.07, 6.45) is 4.43. The third kappa shape index (κ3) is 4.74. The highest BCUT2D eigenvalue weighted by molar-refractivity contribution is 7.14. The number of likely N-dealkylation sites (tertiary alicyclic amines) is 1. The number of hydrogen-bond donors (Lipinski definition) is 1. The molecule has 1 N–H and O–H groups in total. The summed E-state index contributed by atoms with van der Waals surface area (Å²) < 4.78 is 0. The van der Waals surface area contributed by atoms with Gasteiger partial charge in [0.2, 0.25) is 5.91 Å². The lowest BCUT2D eigenvalue weighted by Gasteiger charge is -2.39. The largest absolute Gasteiger partial charge is 0.351 e. The van der Waals surface area contributed by atoms with Crippen molar-refractivity contribution in [2.75, 3.05) is 31.1 Å². The fourth-order valence-electron chi connectivity index (χ4n) is 4.12. The van der Waals surface area contributed by atoms with E-state index in [1.54, 1.807) is 17.5 Å². The number of thiophene rings is 1. The van der Waals surface area contributed by atoms with Crippen molar-refractivity contribution in [1.82, 2.24) is 20.4 Å². The van der Waals surface area contributed by atoms with Crippen LogP contribution in [0, 0.1) is 5.41 Å². The van der Waals surface area contributed by atoms with Gasteiger partial charge in [-0.2, -0.15) is 5.10 Å². The fourth-order valence-corrected chi connectivity index (χ4v) is 5.20. The van der Waals surface area contributed by atoms with Crippen LogP contribution in [0.1, 0.15) is 60.5 Å². The van der Waals surface area contributed by atoms with Gasteiger partial charge in [0.25, 0.3) is 5.91 Å². The molecular weight excluding hydrogens is 410 g/mol. The van der Waals surface area contributed by atoms with Gasteiger partial charge in [-0.15, -0.1) is 16.4 Å². The first-order valence-corrected chi connectivity index (χ1v) is 11.9. The predicted molar refractivity (Wildman–Crippen MR) is 122 cm³/mol. The van der Waals surface area contributed by atoms with Gasteiger partial charge in [0.05, 0.1) is 10.9 Å². The lowest BCUT2D eigenvalue weighted by atomic mass is 9.86. The quantitative estimate of drug-likeness (QED) is 0.744. The number of nitrogens with zero attached hydrogens (tertiary/aromatic N) is 4. The van der Waals surface area contributed by atoms with E-state index in [2.05, 4.69) is 33.4 Å². The van der Waals surface area contributed by atoms with Crippen LogP contribution in [0.4, 0.5) is 5.82 Å². The molecular formula is C23H31N5O2S. The Balaban J connectivity index is 1.26. The highest BCUT2D eigenvalue weighted by atomic mass is 32.1. The Hall–Kier alpha value is -2.48. The summed E-state index contributed by atoms with van der Waals surface area (Å²) >= 11 is 1.59. The molecule has 8 heteroatoms. The number of aromatic nitrogens is 2. The molecule has 2 amide bonds. The van der Waals surface area contributed by atoms with Gasteiger partial charge in [-0.1, -0.05) is 20.8 Å². The van der Waals surface area contributed by atoms with Gasteiger partial charge in [-0.05, 0) is 49.4 Å². The van der Waals surface area contributed by atoms with Gasteiger partial charge in [0.15, 0.2) is 5.82 Å². The third-order valence-electron chi connectivity index (χ3n) is 6.60. The van der Waals surface area contributed by atoms with Crippen LogP contribution >= 0.6 is 11.3 Å². The van der Waals surface area contributed by atoms with Crippen molar-refractivity contribution in [2.45, 2.75) is 52.0 Å². The van der Waals surface area contributed by atoms with Crippen LogP contribution in [-0.4, -0.2) is 59.1 Å². The lowest BCUT2D eigenvalue weighted by Crippen LogP contribution is -2.59. The molecule has 31 heavy (non-hydrogen) atoms. The second-order valence-electron chi connectivity index (χ2n) is 9.16. The molecule has 166 valence electrons. The maximum Gasteiger partial charge on any atom is 0.261 e. The molecule has 2 aromatic heterocycles. The monoisotopic (exact) mass is 441 g/mol. The number of carbonyl (C=O) groups excluding carboxylic acids is 2. The summed E-state index contributed by atoms with van der Waals surface area (Å²) in [4.78, 5) is 31.5. The van der Waals surface area contributed by atoms with Crippen LogP contribution in [0.3, 0.4) is 0 Å². The molecule has 0 unspecified atom stereocenters. The zero-order valence-electron chi connectivity index (χ0n) is 18.5. The summed E-state index contributed by atoms with van der Waals surface area (Å²) in [6, 6.07) is 7.96. The van der Waals surface area contributed by atoms with E-state index in [1.165, 1.54) is 4.88 Å². The summed E-state index contributed by atoms with van der Waals surface area (Å²) in [5.74, 6) is 1.53. The van der Waals surface area contributed by atoms with Crippen molar-refractivity contribution in [3.05, 3.63) is 40.2 Å². The van der Waals surface area contributed by atoms with E-state index in [0.717, 1.165) is 56.1 Å². The highest BCUT2D eigenvalue weighted by Crippen LogP contribution is 2.35. The van der Waals surface area contributed by atoms with Gasteiger partial charge in [0, 0.05) is 42.7 Å². The van der Waals surface area contributed by atoms with Crippen LogP contribution in [0.15, 0.2) is 30.5 Å². The molecule has 0 radical (unpaired) electrons. The number of anilines is 1. The van der Waals surface area contributed by atoms with Crippen molar-refractivity contribution in [2.24, 2.45) is 5.41 Å². The smallest absolute Gasteiger partial charge is 0.261 e. The van der Waals surface area contributed by atoms with Gasteiger partial charge in [0.1, 0.15) is 0 Å². The van der Waals surface area contributed by atoms with Crippen molar-refractivity contribution < 1.29 is 9.59 Å². The van der Waals surface area contributed by atoms with Gasteiger partial charge < -0.3 is 15.1 Å². The van der Waals surface area contributed by atoms with E-state index in [-0.39, 0.29) is 23.3 Å². The molecule has 0 saturated carbocycles. The van der Waals surface area contributed by atoms with Gasteiger partial charge in [-0.3, -0.25) is 9.59 Å². The number of carbonyl (C=O) groups is 2. The molecule has 0 spiro atoms. The molecule has 4 heterocycles. The van der Waals surface area contributed by atoms with Crippen LogP contribution in [-0.2, 0) is 4.79 Å². The van der Waals surface area contributed by atoms with E-state index < -0.39 is 0 Å². The number of piperidine rings is 1. The van der Waals surface area contributed by atoms with E-state index in [9.17, 15) is 9.59 Å². The number of hydrogen-bond acceptors (Lipinski definition) is 6. The fraction of sp³-hybridized carbons (Fsp3) is 0.565. The Labute approximate surface area is 187 Å². The van der Waals surface area contributed by atoms with Crippen molar-refractivity contribution >= 4 is 29.0 Å². The molecule has 7 nitrogen and oxygen atoms in total. The Kier molecular flexibility index (Phi) is 6.27. The minimum Gasteiger partial charge on any atom is -0.351 e. The third-order valence-corrected chi connectivity index (χ3v) is 7.84. The Morgan fingerprint density at radius 2 is 1.94 bits per heavy atom. The highest BCUT2D eigenvalue weighted by Gasteiger charge is 2.33. The first kappa shape index (κ1) is 21.7. The van der Waals surface area contributed by atoms with Crippen molar-refractivity contribution in [1.29, 1.82) is 0 Å². The molecule has 2 aromatic rings.